The Morgan fingerprint density at radius 1 is 1.56 bits per heavy atom. The Hall–Kier alpha value is 0.453. The zero-order valence-corrected chi connectivity index (χ0v) is 9.95. The minimum absolute atomic E-state index is 0. The van der Waals surface area contributed by atoms with Crippen molar-refractivity contribution in [1.82, 2.24) is 5.32 Å². The van der Waals surface area contributed by atoms with Crippen LogP contribution in [0.2, 0.25) is 0 Å². The molecular weight excluding hydrogens is 255 g/mol. The maximum Gasteiger partial charge on any atom is 0.130 e. The van der Waals surface area contributed by atoms with Gasteiger partial charge in [-0.05, 0) is 12.2 Å². The van der Waals surface area contributed by atoms with E-state index in [0.29, 0.717) is 5.16 Å². The first kappa shape index (κ1) is 12.2. The van der Waals surface area contributed by atoms with Crippen LogP contribution in [0, 0.1) is 0 Å². The Balaban J connectivity index is 0. The molecule has 0 aromatic carbocycles. The van der Waals surface area contributed by atoms with Crippen molar-refractivity contribution in [2.75, 3.05) is 0 Å². The largest absolute Gasteiger partial charge is 1.00 e. The molecular formula is C5H3BrClNZn-. The molecule has 9 heavy (non-hydrogen) atoms. The van der Waals surface area contributed by atoms with Gasteiger partial charge in [0.05, 0.1) is 6.20 Å². The van der Waals surface area contributed by atoms with E-state index in [1.165, 1.54) is 6.20 Å². The van der Waals surface area contributed by atoms with E-state index in [4.69, 9.17) is 11.6 Å². The summed E-state index contributed by atoms with van der Waals surface area (Å²) < 4.78 is 0. The molecule has 4 heteroatoms. The number of rotatable bonds is 0. The van der Waals surface area contributed by atoms with Crippen LogP contribution in [0.4, 0.5) is 0 Å². The molecule has 45 valence electrons. The Morgan fingerprint density at radius 2 is 2.22 bits per heavy atom. The van der Waals surface area contributed by atoms with E-state index in [1.807, 2.05) is 0 Å². The van der Waals surface area contributed by atoms with Crippen molar-refractivity contribution in [3.8, 4) is 0 Å². The van der Waals surface area contributed by atoms with E-state index < -0.39 is 0 Å². The van der Waals surface area contributed by atoms with Gasteiger partial charge in [0.15, 0.2) is 0 Å². The monoisotopic (exact) mass is 255 g/mol. The van der Waals surface area contributed by atoms with E-state index >= 15 is 0 Å². The summed E-state index contributed by atoms with van der Waals surface area (Å²) >= 11 is 5.41. The first-order chi connectivity index (χ1) is 3.39. The van der Waals surface area contributed by atoms with Gasteiger partial charge in [0, 0.05) is 19.5 Å². The van der Waals surface area contributed by atoms with Crippen LogP contribution in [-0.4, -0.2) is 0 Å². The minimum atomic E-state index is 0. The van der Waals surface area contributed by atoms with E-state index in [9.17, 15) is 0 Å². The van der Waals surface area contributed by atoms with Crippen LogP contribution in [-0.2, 0) is 19.5 Å². The van der Waals surface area contributed by atoms with Crippen LogP contribution in [0.25, 0.3) is 0 Å². The van der Waals surface area contributed by atoms with E-state index in [0.717, 1.165) is 0 Å². The molecule has 1 aliphatic heterocycles. The van der Waals surface area contributed by atoms with E-state index in [2.05, 4.69) is 11.0 Å². The van der Waals surface area contributed by atoms with Crippen molar-refractivity contribution in [3.05, 3.63) is 29.2 Å². The second kappa shape index (κ2) is 6.57. The third-order valence-electron chi connectivity index (χ3n) is 0.580. The number of hydrogen-bond donors (Lipinski definition) is 0. The summed E-state index contributed by atoms with van der Waals surface area (Å²) in [6.07, 6.45) is 4.93. The predicted octanol–water partition coefficient (Wildman–Crippen LogP) is -1.65. The normalized spacial score (nSPS) is 12.3. The zero-order valence-electron chi connectivity index (χ0n) is 4.64. The van der Waals surface area contributed by atoms with E-state index in [-0.39, 0.29) is 36.5 Å². The van der Waals surface area contributed by atoms with Crippen molar-refractivity contribution < 1.29 is 36.5 Å². The van der Waals surface area contributed by atoms with Crippen molar-refractivity contribution in [1.29, 1.82) is 0 Å². The molecule has 0 amide bonds. The van der Waals surface area contributed by atoms with Gasteiger partial charge in [-0.15, -0.1) is 5.73 Å². The molecule has 0 bridgehead atoms. The molecule has 0 spiro atoms. The fourth-order valence-corrected chi connectivity index (χ4v) is 0.414. The molecule has 1 rings (SSSR count). The molecule has 0 aromatic heterocycles. The van der Waals surface area contributed by atoms with Gasteiger partial charge in [0.2, 0.25) is 0 Å². The SMILES string of the molecule is ClC1=CC=C=C[N]1.[Br-].[Zn]. The van der Waals surface area contributed by atoms with Crippen molar-refractivity contribution in [3.63, 3.8) is 0 Å². The number of halogens is 2. The predicted molar refractivity (Wildman–Crippen MR) is 28.7 cm³/mol. The van der Waals surface area contributed by atoms with Gasteiger partial charge >= 0.3 is 0 Å². The molecule has 0 saturated carbocycles. The summed E-state index contributed by atoms with van der Waals surface area (Å²) in [5, 5.41) is 4.20. The van der Waals surface area contributed by atoms with Gasteiger partial charge in [0.25, 0.3) is 0 Å². The molecule has 1 aliphatic rings. The fourth-order valence-electron chi connectivity index (χ4n) is 0.302. The van der Waals surface area contributed by atoms with E-state index in [1.54, 1.807) is 12.2 Å². The number of allylic oxidation sites excluding steroid dienone is 2. The van der Waals surface area contributed by atoms with Gasteiger partial charge < -0.3 is 17.0 Å². The van der Waals surface area contributed by atoms with Gasteiger partial charge in [-0.3, -0.25) is 0 Å². The number of nitrogens with zero attached hydrogens (tertiary/aromatic N) is 1. The molecule has 0 aromatic rings. The second-order valence-electron chi connectivity index (χ2n) is 1.08. The zero-order chi connectivity index (χ0) is 5.11. The standard InChI is InChI=1S/C5H3ClN.BrH.Zn/c6-5-3-1-2-4-7-5;;/h1,3-4H;1H;/p-1. The molecule has 1 nitrogen and oxygen atoms in total. The van der Waals surface area contributed by atoms with Gasteiger partial charge in [0.1, 0.15) is 5.16 Å². The third-order valence-corrected chi connectivity index (χ3v) is 0.803. The summed E-state index contributed by atoms with van der Waals surface area (Å²) in [7, 11) is 0. The molecule has 0 saturated heterocycles. The van der Waals surface area contributed by atoms with Crippen LogP contribution in [0.15, 0.2) is 29.2 Å². The molecule has 0 aliphatic carbocycles. The first-order valence-corrected chi connectivity index (χ1v) is 2.25. The summed E-state index contributed by atoms with van der Waals surface area (Å²) in [4.78, 5) is 0. The Bertz CT molecular complexity index is 160. The summed E-state index contributed by atoms with van der Waals surface area (Å²) in [5.41, 5.74) is 2.74. The fraction of sp³-hybridized carbons (Fsp3) is 0. The maximum atomic E-state index is 5.41. The second-order valence-corrected chi connectivity index (χ2v) is 1.47. The van der Waals surface area contributed by atoms with Gasteiger partial charge in [-0.1, -0.05) is 11.6 Å². The molecule has 1 radical (unpaired) electrons. The first-order valence-electron chi connectivity index (χ1n) is 1.87. The summed E-state index contributed by atoms with van der Waals surface area (Å²) in [5.74, 6) is 0. The van der Waals surface area contributed by atoms with Crippen molar-refractivity contribution in [2.45, 2.75) is 0 Å². The van der Waals surface area contributed by atoms with Crippen LogP contribution in [0.1, 0.15) is 0 Å². The van der Waals surface area contributed by atoms with Crippen molar-refractivity contribution >= 4 is 11.6 Å². The van der Waals surface area contributed by atoms with Gasteiger partial charge in [-0.2, -0.15) is 0 Å². The number of hydrogen-bond acceptors (Lipinski definition) is 0. The van der Waals surface area contributed by atoms with Crippen LogP contribution >= 0.6 is 11.6 Å². The molecule has 0 unspecified atom stereocenters. The topological polar surface area (TPSA) is 14.1 Å². The Morgan fingerprint density at radius 3 is 2.44 bits per heavy atom. The average molecular weight is 258 g/mol. The average Bonchev–Trinajstić information content (AvgIpc) is 1.69. The smallest absolute Gasteiger partial charge is 0.130 e. The maximum absolute atomic E-state index is 5.41. The van der Waals surface area contributed by atoms with Crippen LogP contribution < -0.4 is 22.3 Å². The van der Waals surface area contributed by atoms with Crippen LogP contribution in [0.3, 0.4) is 0 Å². The minimum Gasteiger partial charge on any atom is -1.00 e. The molecule has 0 N–H and O–H groups in total. The van der Waals surface area contributed by atoms with Crippen molar-refractivity contribution in [2.24, 2.45) is 0 Å². The third kappa shape index (κ3) is 4.93. The summed E-state index contributed by atoms with van der Waals surface area (Å²) in [6.45, 7) is 0. The Labute approximate surface area is 82.4 Å². The molecule has 0 fully saturated rings. The molecule has 0 atom stereocenters. The van der Waals surface area contributed by atoms with Gasteiger partial charge in [-0.25, -0.2) is 5.32 Å². The van der Waals surface area contributed by atoms with Crippen LogP contribution in [0.5, 0.6) is 0 Å². The quantitative estimate of drug-likeness (QED) is 0.281. The summed E-state index contributed by atoms with van der Waals surface area (Å²) in [6, 6.07) is 0. The Kier molecular flexibility index (Phi) is 8.88. The molecule has 1 heterocycles.